The third-order valence-electron chi connectivity index (χ3n) is 4.37. The van der Waals surface area contributed by atoms with E-state index in [1.165, 1.54) is 0 Å². The van der Waals surface area contributed by atoms with Gasteiger partial charge in [-0.25, -0.2) is 4.98 Å². The Kier molecular flexibility index (Phi) is 11.3. The Morgan fingerprint density at radius 2 is 1.80 bits per heavy atom. The van der Waals surface area contributed by atoms with E-state index in [9.17, 15) is 0 Å². The van der Waals surface area contributed by atoms with Crippen molar-refractivity contribution in [2.24, 2.45) is 4.99 Å². The molecule has 8 heteroatoms. The number of hydrogen-bond acceptors (Lipinski definition) is 5. The number of benzene rings is 1. The SMILES string of the molecule is CCOc1ccc(C(C)NC(=NC)NCc2ccnc(N(C)C)c2)cc1OCC.I. The number of nitrogens with zero attached hydrogens (tertiary/aromatic N) is 3. The van der Waals surface area contributed by atoms with Crippen LogP contribution in [-0.4, -0.2) is 45.3 Å². The lowest BCUT2D eigenvalue weighted by atomic mass is 10.1. The fraction of sp³-hybridized carbons (Fsp3) is 0.455. The van der Waals surface area contributed by atoms with Crippen molar-refractivity contribution in [2.75, 3.05) is 39.3 Å². The highest BCUT2D eigenvalue weighted by Gasteiger charge is 2.12. The molecule has 0 bridgehead atoms. The van der Waals surface area contributed by atoms with Crippen molar-refractivity contribution in [3.8, 4) is 11.5 Å². The highest BCUT2D eigenvalue weighted by molar-refractivity contribution is 14.0. The van der Waals surface area contributed by atoms with E-state index in [1.54, 1.807) is 7.05 Å². The second-order valence-corrected chi connectivity index (χ2v) is 6.78. The molecule has 1 atom stereocenters. The van der Waals surface area contributed by atoms with Crippen LogP contribution in [0.2, 0.25) is 0 Å². The molecule has 2 N–H and O–H groups in total. The Hall–Kier alpha value is -2.23. The highest BCUT2D eigenvalue weighted by atomic mass is 127. The maximum Gasteiger partial charge on any atom is 0.191 e. The minimum atomic E-state index is 0. The first-order valence-electron chi connectivity index (χ1n) is 9.97. The van der Waals surface area contributed by atoms with Crippen molar-refractivity contribution in [1.29, 1.82) is 0 Å². The number of ether oxygens (including phenoxy) is 2. The number of guanidine groups is 1. The van der Waals surface area contributed by atoms with E-state index in [0.29, 0.717) is 19.8 Å². The van der Waals surface area contributed by atoms with Gasteiger partial charge in [0.25, 0.3) is 0 Å². The van der Waals surface area contributed by atoms with Gasteiger partial charge in [-0.1, -0.05) is 6.07 Å². The molecule has 0 radical (unpaired) electrons. The quantitative estimate of drug-likeness (QED) is 0.292. The lowest BCUT2D eigenvalue weighted by molar-refractivity contribution is 0.287. The molecular formula is C22H34IN5O2. The zero-order valence-corrected chi connectivity index (χ0v) is 21.1. The predicted octanol–water partition coefficient (Wildman–Crippen LogP) is 3.99. The van der Waals surface area contributed by atoms with E-state index in [2.05, 4.69) is 33.6 Å². The van der Waals surface area contributed by atoms with Crippen LogP contribution < -0.4 is 25.0 Å². The minimum Gasteiger partial charge on any atom is -0.490 e. The molecule has 0 saturated carbocycles. The van der Waals surface area contributed by atoms with Gasteiger partial charge in [0.15, 0.2) is 17.5 Å². The topological polar surface area (TPSA) is 71.0 Å². The van der Waals surface area contributed by atoms with Gasteiger partial charge in [0.05, 0.1) is 19.3 Å². The van der Waals surface area contributed by atoms with Crippen LogP contribution in [0.3, 0.4) is 0 Å². The van der Waals surface area contributed by atoms with Crippen molar-refractivity contribution in [2.45, 2.75) is 33.4 Å². The molecule has 1 aromatic heterocycles. The first kappa shape index (κ1) is 25.8. The number of nitrogens with one attached hydrogen (secondary N) is 2. The molecule has 2 rings (SSSR count). The van der Waals surface area contributed by atoms with Gasteiger partial charge >= 0.3 is 0 Å². The second-order valence-electron chi connectivity index (χ2n) is 6.78. The van der Waals surface area contributed by atoms with Gasteiger partial charge in [-0.2, -0.15) is 0 Å². The van der Waals surface area contributed by atoms with Gasteiger partial charge in [0.2, 0.25) is 0 Å². The van der Waals surface area contributed by atoms with Crippen LogP contribution in [0.4, 0.5) is 5.82 Å². The molecule has 166 valence electrons. The molecule has 2 aromatic rings. The Balaban J connectivity index is 0.00000450. The normalized spacial score (nSPS) is 11.9. The zero-order chi connectivity index (χ0) is 21.2. The summed E-state index contributed by atoms with van der Waals surface area (Å²) in [5, 5.41) is 6.79. The number of aromatic nitrogens is 1. The molecule has 1 unspecified atom stereocenters. The largest absolute Gasteiger partial charge is 0.490 e. The number of halogens is 1. The lowest BCUT2D eigenvalue weighted by Crippen LogP contribution is -2.38. The summed E-state index contributed by atoms with van der Waals surface area (Å²) in [6.07, 6.45) is 1.82. The van der Waals surface area contributed by atoms with E-state index < -0.39 is 0 Å². The van der Waals surface area contributed by atoms with Crippen LogP contribution in [0.25, 0.3) is 0 Å². The molecule has 0 aliphatic carbocycles. The number of rotatable bonds is 9. The van der Waals surface area contributed by atoms with Crippen molar-refractivity contribution >= 4 is 35.8 Å². The first-order chi connectivity index (χ1) is 14.0. The number of aliphatic imine (C=N–C) groups is 1. The molecule has 1 heterocycles. The molecule has 1 aromatic carbocycles. The van der Waals surface area contributed by atoms with Crippen LogP contribution in [0.5, 0.6) is 11.5 Å². The van der Waals surface area contributed by atoms with E-state index >= 15 is 0 Å². The molecule has 7 nitrogen and oxygen atoms in total. The lowest BCUT2D eigenvalue weighted by Gasteiger charge is -2.20. The first-order valence-corrected chi connectivity index (χ1v) is 9.97. The van der Waals surface area contributed by atoms with E-state index in [4.69, 9.17) is 9.47 Å². The van der Waals surface area contributed by atoms with E-state index in [1.807, 2.05) is 63.3 Å². The molecule has 0 aliphatic rings. The van der Waals surface area contributed by atoms with Crippen molar-refractivity contribution < 1.29 is 9.47 Å². The average molecular weight is 527 g/mol. The van der Waals surface area contributed by atoms with Crippen molar-refractivity contribution in [3.63, 3.8) is 0 Å². The molecule has 0 fully saturated rings. The summed E-state index contributed by atoms with van der Waals surface area (Å²) in [6, 6.07) is 10.1. The summed E-state index contributed by atoms with van der Waals surface area (Å²) < 4.78 is 11.4. The summed E-state index contributed by atoms with van der Waals surface area (Å²) in [4.78, 5) is 10.7. The van der Waals surface area contributed by atoms with Crippen molar-refractivity contribution in [3.05, 3.63) is 47.7 Å². The highest BCUT2D eigenvalue weighted by Crippen LogP contribution is 2.30. The maximum atomic E-state index is 5.74. The van der Waals surface area contributed by atoms with Crippen molar-refractivity contribution in [1.82, 2.24) is 15.6 Å². The Morgan fingerprint density at radius 1 is 1.10 bits per heavy atom. The summed E-state index contributed by atoms with van der Waals surface area (Å²) in [5.41, 5.74) is 2.23. The fourth-order valence-electron chi connectivity index (χ4n) is 2.82. The van der Waals surface area contributed by atoms with E-state index in [-0.39, 0.29) is 30.0 Å². The minimum absolute atomic E-state index is 0. The molecular weight excluding hydrogens is 493 g/mol. The second kappa shape index (κ2) is 13.1. The van der Waals surface area contributed by atoms with Crippen LogP contribution in [0.15, 0.2) is 41.5 Å². The van der Waals surface area contributed by atoms with Crippen LogP contribution >= 0.6 is 24.0 Å². The molecule has 0 spiro atoms. The summed E-state index contributed by atoms with van der Waals surface area (Å²) in [6.45, 7) is 7.88. The number of pyridine rings is 1. The molecule has 0 saturated heterocycles. The van der Waals surface area contributed by atoms with Gasteiger partial charge in [-0.15, -0.1) is 24.0 Å². The zero-order valence-electron chi connectivity index (χ0n) is 18.7. The average Bonchev–Trinajstić information content (AvgIpc) is 2.72. The summed E-state index contributed by atoms with van der Waals surface area (Å²) in [7, 11) is 5.73. The van der Waals surface area contributed by atoms with E-state index in [0.717, 1.165) is 34.4 Å². The monoisotopic (exact) mass is 527 g/mol. The third kappa shape index (κ3) is 7.55. The van der Waals surface area contributed by atoms with Gasteiger partial charge in [0.1, 0.15) is 5.82 Å². The van der Waals surface area contributed by atoms with Crippen LogP contribution in [0, 0.1) is 0 Å². The number of anilines is 1. The molecule has 0 aliphatic heterocycles. The van der Waals surface area contributed by atoms with Gasteiger partial charge in [-0.05, 0) is 56.2 Å². The smallest absolute Gasteiger partial charge is 0.191 e. The number of hydrogen-bond donors (Lipinski definition) is 2. The summed E-state index contributed by atoms with van der Waals surface area (Å²) >= 11 is 0. The van der Waals surface area contributed by atoms with Gasteiger partial charge in [0, 0.05) is 33.9 Å². The molecule has 0 amide bonds. The maximum absolute atomic E-state index is 5.74. The standard InChI is InChI=1S/C22H33N5O2.HI/c1-7-28-19-10-9-18(14-20(19)29-8-2)16(3)26-22(23-4)25-15-17-11-12-24-21(13-17)27(5)6;/h9-14,16H,7-8,15H2,1-6H3,(H2,23,25,26);1H. The van der Waals surface area contributed by atoms with Gasteiger partial charge < -0.3 is 25.0 Å². The Bertz CT molecular complexity index is 814. The van der Waals surface area contributed by atoms with Gasteiger partial charge in [-0.3, -0.25) is 4.99 Å². The Morgan fingerprint density at radius 3 is 2.43 bits per heavy atom. The summed E-state index contributed by atoms with van der Waals surface area (Å²) in [5.74, 6) is 3.18. The fourth-order valence-corrected chi connectivity index (χ4v) is 2.82. The Labute approximate surface area is 197 Å². The predicted molar refractivity (Wildman–Crippen MR) is 135 cm³/mol. The van der Waals surface area contributed by atoms with Crippen LogP contribution in [-0.2, 0) is 6.54 Å². The van der Waals surface area contributed by atoms with Crippen LogP contribution in [0.1, 0.15) is 37.9 Å². The third-order valence-corrected chi connectivity index (χ3v) is 4.37. The molecule has 30 heavy (non-hydrogen) atoms.